The lowest BCUT2D eigenvalue weighted by Gasteiger charge is -2.33. The van der Waals surface area contributed by atoms with E-state index in [0.717, 1.165) is 12.4 Å². The molecular weight excluding hydrogens is 276 g/mol. The van der Waals surface area contributed by atoms with Gasteiger partial charge >= 0.3 is 6.02 Å². The zero-order valence-corrected chi connectivity index (χ0v) is 12.7. The first kappa shape index (κ1) is 15.4. The monoisotopic (exact) mass is 294 g/mol. The molecule has 0 spiro atoms. The zero-order valence-electron chi connectivity index (χ0n) is 11.1. The van der Waals surface area contributed by atoms with Crippen molar-refractivity contribution in [3.63, 3.8) is 0 Å². The molecular formula is C10H19ClN4O2S. The third-order valence-corrected chi connectivity index (χ3v) is 3.14. The van der Waals surface area contributed by atoms with Gasteiger partial charge in [0.15, 0.2) is 0 Å². The summed E-state index contributed by atoms with van der Waals surface area (Å²) in [5.41, 5.74) is 0. The van der Waals surface area contributed by atoms with Gasteiger partial charge in [-0.05, 0) is 18.4 Å². The fraction of sp³-hybridized carbons (Fsp3) is 0.800. The molecule has 0 fully saturated rings. The van der Waals surface area contributed by atoms with E-state index in [1.165, 1.54) is 11.9 Å². The summed E-state index contributed by atoms with van der Waals surface area (Å²) < 4.78 is 12.6. The van der Waals surface area contributed by atoms with Crippen LogP contribution in [0.1, 0.15) is 6.42 Å². The van der Waals surface area contributed by atoms with Crippen LogP contribution in [0, 0.1) is 0 Å². The lowest BCUT2D eigenvalue weighted by atomic mass is 10.5. The van der Waals surface area contributed by atoms with Crippen molar-refractivity contribution in [1.29, 1.82) is 0 Å². The van der Waals surface area contributed by atoms with Crippen LogP contribution in [-0.4, -0.2) is 67.5 Å². The first-order valence-electron chi connectivity index (χ1n) is 5.52. The number of nitrogens with zero attached hydrogens (tertiary/aromatic N) is 4. The van der Waals surface area contributed by atoms with E-state index in [4.69, 9.17) is 21.1 Å². The highest BCUT2D eigenvalue weighted by molar-refractivity contribution is 7.96. The van der Waals surface area contributed by atoms with Gasteiger partial charge in [0.05, 0.1) is 6.61 Å². The van der Waals surface area contributed by atoms with E-state index in [9.17, 15) is 0 Å². The van der Waals surface area contributed by atoms with E-state index >= 15 is 0 Å². The van der Waals surface area contributed by atoms with Crippen LogP contribution in [0.5, 0.6) is 0 Å². The predicted molar refractivity (Wildman–Crippen MR) is 76.0 cm³/mol. The van der Waals surface area contributed by atoms with Crippen molar-refractivity contribution in [3.05, 3.63) is 0 Å². The number of hydrogen-bond donors (Lipinski definition) is 0. The molecule has 18 heavy (non-hydrogen) atoms. The van der Waals surface area contributed by atoms with E-state index in [-0.39, 0.29) is 0 Å². The van der Waals surface area contributed by atoms with Crippen molar-refractivity contribution in [2.75, 3.05) is 39.9 Å². The van der Waals surface area contributed by atoms with Crippen molar-refractivity contribution >= 4 is 35.5 Å². The maximum atomic E-state index is 5.60. The molecule has 0 saturated heterocycles. The van der Waals surface area contributed by atoms with Crippen molar-refractivity contribution < 1.29 is 9.47 Å². The molecule has 0 aliphatic carbocycles. The van der Waals surface area contributed by atoms with Gasteiger partial charge in [0.2, 0.25) is 12.3 Å². The van der Waals surface area contributed by atoms with Crippen LogP contribution in [0.15, 0.2) is 9.98 Å². The smallest absolute Gasteiger partial charge is 0.319 e. The van der Waals surface area contributed by atoms with Crippen LogP contribution >= 0.6 is 23.5 Å². The minimum Gasteiger partial charge on any atom is -0.463 e. The molecule has 104 valence electrons. The summed E-state index contributed by atoms with van der Waals surface area (Å²) in [6.07, 6.45) is 2.28. The summed E-state index contributed by atoms with van der Waals surface area (Å²) in [5.74, 6) is 1.30. The standard InChI is InChI=1S/C10H19ClN4O2S/c1-14(2)9-12-8(17-7-5-6-11)13-10(16-3)15(9)18-4/h10H,5-7H2,1-4H3. The van der Waals surface area contributed by atoms with E-state index in [1.807, 2.05) is 29.6 Å². The number of halogens is 1. The normalized spacial score (nSPS) is 19.4. The Kier molecular flexibility index (Phi) is 6.59. The van der Waals surface area contributed by atoms with Crippen molar-refractivity contribution in [2.24, 2.45) is 9.98 Å². The number of aliphatic imine (C=N–C) groups is 2. The Bertz CT molecular complexity index is 325. The van der Waals surface area contributed by atoms with Crippen LogP contribution in [0.2, 0.25) is 0 Å². The number of rotatable bonds is 5. The maximum absolute atomic E-state index is 5.60. The van der Waals surface area contributed by atoms with Crippen LogP contribution in [0.25, 0.3) is 0 Å². The molecule has 0 saturated carbocycles. The van der Waals surface area contributed by atoms with Gasteiger partial charge in [0.1, 0.15) is 0 Å². The van der Waals surface area contributed by atoms with Crippen molar-refractivity contribution in [2.45, 2.75) is 12.8 Å². The molecule has 0 aromatic rings. The van der Waals surface area contributed by atoms with Crippen LogP contribution in [0.3, 0.4) is 0 Å². The molecule has 6 nitrogen and oxygen atoms in total. The molecule has 8 heteroatoms. The number of ether oxygens (including phenoxy) is 2. The highest BCUT2D eigenvalue weighted by Crippen LogP contribution is 2.19. The van der Waals surface area contributed by atoms with Gasteiger partial charge in [-0.25, -0.2) is 4.31 Å². The lowest BCUT2D eigenvalue weighted by Crippen LogP contribution is -2.46. The minimum absolute atomic E-state index is 0.334. The number of alkyl halides is 1. The Balaban J connectivity index is 2.81. The highest BCUT2D eigenvalue weighted by atomic mass is 35.5. The van der Waals surface area contributed by atoms with Gasteiger partial charge in [-0.3, -0.25) is 0 Å². The second-order valence-corrected chi connectivity index (χ2v) is 4.82. The van der Waals surface area contributed by atoms with Crippen molar-refractivity contribution in [3.8, 4) is 0 Å². The second kappa shape index (κ2) is 7.70. The highest BCUT2D eigenvalue weighted by Gasteiger charge is 2.28. The molecule has 0 N–H and O–H groups in total. The molecule has 1 heterocycles. The van der Waals surface area contributed by atoms with Gasteiger partial charge in [-0.15, -0.1) is 11.6 Å². The molecule has 0 aromatic carbocycles. The Hall–Kier alpha value is -0.660. The third-order valence-electron chi connectivity index (χ3n) is 2.13. The quantitative estimate of drug-likeness (QED) is 0.436. The molecule has 1 aliphatic rings. The summed E-state index contributed by atoms with van der Waals surface area (Å²) in [6, 6.07) is 0.334. The Labute approximate surface area is 117 Å². The summed E-state index contributed by atoms with van der Waals surface area (Å²) in [5, 5.41) is 0. The molecule has 0 radical (unpaired) electrons. The first-order valence-corrected chi connectivity index (χ1v) is 7.24. The molecule has 0 bridgehead atoms. The van der Waals surface area contributed by atoms with Gasteiger partial charge < -0.3 is 14.4 Å². The molecule has 1 atom stereocenters. The summed E-state index contributed by atoms with van der Waals surface area (Å²) in [7, 11) is 5.43. The Morgan fingerprint density at radius 1 is 1.50 bits per heavy atom. The van der Waals surface area contributed by atoms with E-state index < -0.39 is 6.35 Å². The second-order valence-electron chi connectivity index (χ2n) is 3.68. The summed E-state index contributed by atoms with van der Waals surface area (Å²) >= 11 is 7.10. The fourth-order valence-corrected chi connectivity index (χ4v) is 2.10. The van der Waals surface area contributed by atoms with Gasteiger partial charge in [0.25, 0.3) is 0 Å². The average molecular weight is 295 g/mol. The minimum atomic E-state index is -0.430. The summed E-state index contributed by atoms with van der Waals surface area (Å²) in [6.45, 7) is 0.502. The molecule has 1 aliphatic heterocycles. The molecule has 0 aromatic heterocycles. The van der Waals surface area contributed by atoms with E-state index in [0.29, 0.717) is 18.5 Å². The SMILES string of the molecule is COC1N=C(OCCCCl)N=C(N(C)C)N1SC. The third kappa shape index (κ3) is 3.93. The number of guanidine groups is 1. The largest absolute Gasteiger partial charge is 0.463 e. The topological polar surface area (TPSA) is 49.7 Å². The lowest BCUT2D eigenvalue weighted by molar-refractivity contribution is 0.0481. The predicted octanol–water partition coefficient (Wildman–Crippen LogP) is 1.43. The maximum Gasteiger partial charge on any atom is 0.319 e. The van der Waals surface area contributed by atoms with Gasteiger partial charge in [0, 0.05) is 33.3 Å². The van der Waals surface area contributed by atoms with Crippen LogP contribution < -0.4 is 0 Å². The van der Waals surface area contributed by atoms with Crippen LogP contribution in [-0.2, 0) is 9.47 Å². The number of methoxy groups -OCH3 is 1. The molecule has 0 amide bonds. The van der Waals surface area contributed by atoms with Crippen LogP contribution in [0.4, 0.5) is 0 Å². The Morgan fingerprint density at radius 2 is 2.22 bits per heavy atom. The average Bonchev–Trinajstić information content (AvgIpc) is 2.37. The Morgan fingerprint density at radius 3 is 2.72 bits per heavy atom. The number of amidine groups is 1. The zero-order chi connectivity index (χ0) is 13.5. The van der Waals surface area contributed by atoms with Crippen molar-refractivity contribution in [1.82, 2.24) is 9.21 Å². The first-order chi connectivity index (χ1) is 8.63. The fourth-order valence-electron chi connectivity index (χ4n) is 1.31. The molecule has 1 rings (SSSR count). The van der Waals surface area contributed by atoms with Gasteiger partial charge in [-0.1, -0.05) is 0 Å². The van der Waals surface area contributed by atoms with E-state index in [1.54, 1.807) is 7.11 Å². The van der Waals surface area contributed by atoms with Gasteiger partial charge in [-0.2, -0.15) is 9.98 Å². The number of hydrogen-bond acceptors (Lipinski definition) is 7. The molecule has 1 unspecified atom stereocenters. The summed E-state index contributed by atoms with van der Waals surface area (Å²) in [4.78, 5) is 10.5. The van der Waals surface area contributed by atoms with E-state index in [2.05, 4.69) is 9.98 Å².